The molecule has 1 atom stereocenters. The number of nitrogens with zero attached hydrogens (tertiary/aromatic N) is 3. The molecule has 3 rings (SSSR count). The minimum absolute atomic E-state index is 0.0106. The molecule has 0 fully saturated rings. The van der Waals surface area contributed by atoms with Crippen molar-refractivity contribution < 1.29 is 37.1 Å². The Bertz CT molecular complexity index is 1200. The normalized spacial score (nSPS) is 13.1. The Labute approximate surface area is 195 Å². The molecule has 13 heteroatoms. The number of hydrogen-bond acceptors (Lipinski definition) is 7. The fourth-order valence-corrected chi connectivity index (χ4v) is 3.08. The van der Waals surface area contributed by atoms with Gasteiger partial charge in [0.25, 0.3) is 5.72 Å². The molecular formula is C21H17ClF3N3O6. The van der Waals surface area contributed by atoms with E-state index in [4.69, 9.17) is 25.8 Å². The predicted molar refractivity (Wildman–Crippen MR) is 113 cm³/mol. The molecule has 1 heterocycles. The Hall–Kier alpha value is -3.80. The van der Waals surface area contributed by atoms with E-state index >= 15 is 0 Å². The molecule has 0 radical (unpaired) electrons. The Morgan fingerprint density at radius 3 is 2.50 bits per heavy atom. The van der Waals surface area contributed by atoms with Gasteiger partial charge in [-0.05, 0) is 37.3 Å². The van der Waals surface area contributed by atoms with Gasteiger partial charge in [0.1, 0.15) is 11.5 Å². The third-order valence-electron chi connectivity index (χ3n) is 4.52. The molecule has 0 aliphatic rings. The number of nitro benzene ring substituents is 1. The van der Waals surface area contributed by atoms with Crippen LogP contribution in [0.4, 0.5) is 18.9 Å². The van der Waals surface area contributed by atoms with E-state index in [9.17, 15) is 28.1 Å². The van der Waals surface area contributed by atoms with E-state index in [1.165, 1.54) is 31.5 Å². The van der Waals surface area contributed by atoms with E-state index in [-0.39, 0.29) is 28.9 Å². The topological polar surface area (TPSA) is 106 Å². The number of benzene rings is 2. The highest BCUT2D eigenvalue weighted by molar-refractivity contribution is 6.32. The lowest BCUT2D eigenvalue weighted by Gasteiger charge is -2.28. The maximum atomic E-state index is 12.9. The molecule has 9 nitrogen and oxygen atoms in total. The number of hydrogen-bond donors (Lipinski definition) is 0. The van der Waals surface area contributed by atoms with Crippen LogP contribution in [0.15, 0.2) is 54.9 Å². The monoisotopic (exact) mass is 499 g/mol. The maximum Gasteiger partial charge on any atom is 0.416 e. The number of halogens is 4. The zero-order chi connectivity index (χ0) is 25.1. The van der Waals surface area contributed by atoms with Crippen molar-refractivity contribution in [3.63, 3.8) is 0 Å². The van der Waals surface area contributed by atoms with Crippen LogP contribution in [0.5, 0.6) is 17.2 Å². The summed E-state index contributed by atoms with van der Waals surface area (Å²) in [7, 11) is 0. The Morgan fingerprint density at radius 1 is 1.21 bits per heavy atom. The standard InChI is InChI=1S/C21H17ClF3N3O6/c1-3-32-19(29)20(2,27-10-4-9-26-27)34-18-12-14(6-7-16(18)28(30)31)33-17-8-5-13(11-15(17)22)21(23,24)25/h4-12H,3H2,1-2H3. The molecule has 1 unspecified atom stereocenters. The molecule has 0 aliphatic carbocycles. The van der Waals surface area contributed by atoms with Gasteiger partial charge in [-0.2, -0.15) is 18.3 Å². The van der Waals surface area contributed by atoms with Crippen molar-refractivity contribution in [2.24, 2.45) is 0 Å². The van der Waals surface area contributed by atoms with Crippen molar-refractivity contribution in [2.45, 2.75) is 25.7 Å². The zero-order valence-electron chi connectivity index (χ0n) is 17.7. The fraction of sp³-hybridized carbons (Fsp3) is 0.238. The molecule has 0 N–H and O–H groups in total. The van der Waals surface area contributed by atoms with Gasteiger partial charge in [-0.15, -0.1) is 0 Å². The Balaban J connectivity index is 2.00. The summed E-state index contributed by atoms with van der Waals surface area (Å²) in [5.41, 5.74) is -3.40. The lowest BCUT2D eigenvalue weighted by atomic mass is 10.2. The first kappa shape index (κ1) is 24.8. The highest BCUT2D eigenvalue weighted by Gasteiger charge is 2.42. The van der Waals surface area contributed by atoms with Crippen molar-refractivity contribution in [1.82, 2.24) is 9.78 Å². The predicted octanol–water partition coefficient (Wildman–Crippen LogP) is 5.57. The molecule has 0 bridgehead atoms. The van der Waals surface area contributed by atoms with Crippen LogP contribution in [0.3, 0.4) is 0 Å². The summed E-state index contributed by atoms with van der Waals surface area (Å²) in [6.07, 6.45) is -1.81. The first-order chi connectivity index (χ1) is 16.0. The number of nitro groups is 1. The van der Waals surface area contributed by atoms with Crippen LogP contribution < -0.4 is 9.47 Å². The second kappa shape index (κ2) is 9.59. The molecule has 0 spiro atoms. The van der Waals surface area contributed by atoms with Crippen LogP contribution in [-0.2, 0) is 21.4 Å². The van der Waals surface area contributed by atoms with Gasteiger partial charge in [0.2, 0.25) is 5.75 Å². The molecular weight excluding hydrogens is 483 g/mol. The number of carbonyl (C=O) groups is 1. The number of alkyl halides is 3. The summed E-state index contributed by atoms with van der Waals surface area (Å²) in [6.45, 7) is 2.89. The van der Waals surface area contributed by atoms with Gasteiger partial charge in [-0.3, -0.25) is 10.1 Å². The van der Waals surface area contributed by atoms with E-state index in [0.717, 1.165) is 28.9 Å². The van der Waals surface area contributed by atoms with Gasteiger partial charge in [-0.1, -0.05) is 11.6 Å². The molecule has 0 aliphatic heterocycles. The van der Waals surface area contributed by atoms with Crippen LogP contribution in [-0.4, -0.2) is 27.3 Å². The fourth-order valence-electron chi connectivity index (χ4n) is 2.86. The minimum Gasteiger partial charge on any atom is -0.462 e. The average Bonchev–Trinajstić information content (AvgIpc) is 3.30. The molecule has 34 heavy (non-hydrogen) atoms. The van der Waals surface area contributed by atoms with E-state index in [0.29, 0.717) is 6.07 Å². The van der Waals surface area contributed by atoms with Gasteiger partial charge in [0, 0.05) is 31.5 Å². The summed E-state index contributed by atoms with van der Waals surface area (Å²) in [5, 5.41) is 15.2. The lowest BCUT2D eigenvalue weighted by molar-refractivity contribution is -0.386. The lowest BCUT2D eigenvalue weighted by Crippen LogP contribution is -2.46. The maximum absolute atomic E-state index is 12.9. The summed E-state index contributed by atoms with van der Waals surface area (Å²) < 4.78 is 56.0. The van der Waals surface area contributed by atoms with Gasteiger partial charge in [0.15, 0.2) is 0 Å². The van der Waals surface area contributed by atoms with Gasteiger partial charge < -0.3 is 14.2 Å². The molecule has 180 valence electrons. The number of carbonyl (C=O) groups excluding carboxylic acids is 1. The number of aromatic nitrogens is 2. The minimum atomic E-state index is -4.60. The largest absolute Gasteiger partial charge is 0.462 e. The summed E-state index contributed by atoms with van der Waals surface area (Å²) >= 11 is 5.92. The van der Waals surface area contributed by atoms with Crippen LogP contribution in [0, 0.1) is 10.1 Å². The van der Waals surface area contributed by atoms with Crippen molar-refractivity contribution in [3.05, 3.63) is 75.6 Å². The van der Waals surface area contributed by atoms with E-state index in [1.54, 1.807) is 6.92 Å². The number of rotatable bonds is 8. The second-order valence-electron chi connectivity index (χ2n) is 6.89. The van der Waals surface area contributed by atoms with E-state index < -0.39 is 34.0 Å². The van der Waals surface area contributed by atoms with E-state index in [1.807, 2.05) is 0 Å². The highest BCUT2D eigenvalue weighted by Crippen LogP contribution is 2.40. The van der Waals surface area contributed by atoms with Crippen LogP contribution >= 0.6 is 11.6 Å². The van der Waals surface area contributed by atoms with Crippen molar-refractivity contribution >= 4 is 23.3 Å². The van der Waals surface area contributed by atoms with Crippen LogP contribution in [0.2, 0.25) is 5.02 Å². The van der Waals surface area contributed by atoms with Crippen molar-refractivity contribution in [2.75, 3.05) is 6.61 Å². The summed E-state index contributed by atoms with van der Waals surface area (Å²) in [5.74, 6) is -1.43. The summed E-state index contributed by atoms with van der Waals surface area (Å²) in [4.78, 5) is 23.5. The SMILES string of the molecule is CCOC(=O)C(C)(Oc1cc(Oc2ccc(C(F)(F)F)cc2Cl)ccc1[N+](=O)[O-])n1cccn1. The quantitative estimate of drug-likeness (QED) is 0.226. The molecule has 3 aromatic rings. The van der Waals surface area contributed by atoms with Crippen LogP contribution in [0.25, 0.3) is 0 Å². The third kappa shape index (κ3) is 5.22. The zero-order valence-corrected chi connectivity index (χ0v) is 18.5. The summed E-state index contributed by atoms with van der Waals surface area (Å²) in [6, 6.07) is 7.36. The van der Waals surface area contributed by atoms with Gasteiger partial charge in [-0.25, -0.2) is 9.48 Å². The molecule has 0 saturated carbocycles. The number of esters is 1. The first-order valence-electron chi connectivity index (χ1n) is 9.65. The average molecular weight is 500 g/mol. The Morgan fingerprint density at radius 2 is 1.94 bits per heavy atom. The molecule has 2 aromatic carbocycles. The number of ether oxygens (including phenoxy) is 3. The molecule has 0 saturated heterocycles. The molecule has 0 amide bonds. The third-order valence-corrected chi connectivity index (χ3v) is 4.81. The Kier molecular flexibility index (Phi) is 7.01. The van der Waals surface area contributed by atoms with Gasteiger partial charge >= 0.3 is 17.8 Å². The second-order valence-corrected chi connectivity index (χ2v) is 7.29. The smallest absolute Gasteiger partial charge is 0.416 e. The van der Waals surface area contributed by atoms with Crippen molar-refractivity contribution in [1.29, 1.82) is 0 Å². The van der Waals surface area contributed by atoms with Crippen LogP contribution in [0.1, 0.15) is 19.4 Å². The first-order valence-corrected chi connectivity index (χ1v) is 10.0. The van der Waals surface area contributed by atoms with E-state index in [2.05, 4.69) is 5.10 Å². The van der Waals surface area contributed by atoms with Crippen molar-refractivity contribution in [3.8, 4) is 17.2 Å². The van der Waals surface area contributed by atoms with Gasteiger partial charge in [0.05, 0.1) is 22.1 Å². The highest BCUT2D eigenvalue weighted by atomic mass is 35.5. The molecule has 1 aromatic heterocycles.